The monoisotopic (exact) mass is 291 g/mol. The Labute approximate surface area is 117 Å². The summed E-state index contributed by atoms with van der Waals surface area (Å²) in [6, 6.07) is 12.8. The number of carbonyl (C=O) groups is 1. The highest BCUT2D eigenvalue weighted by molar-refractivity contribution is 7.89. The van der Waals surface area contributed by atoms with Crippen LogP contribution in [0, 0.1) is 6.92 Å². The van der Waals surface area contributed by atoms with Crippen molar-refractivity contribution < 1.29 is 17.9 Å². The first-order valence-corrected chi connectivity index (χ1v) is 7.34. The van der Waals surface area contributed by atoms with Crippen molar-refractivity contribution in [2.24, 2.45) is 5.14 Å². The second-order valence-corrected chi connectivity index (χ2v) is 5.71. The molecule has 0 aliphatic heterocycles. The molecule has 0 heterocycles. The van der Waals surface area contributed by atoms with Gasteiger partial charge in [0.2, 0.25) is 10.0 Å². The predicted molar refractivity (Wildman–Crippen MR) is 74.0 cm³/mol. The fourth-order valence-corrected chi connectivity index (χ4v) is 2.54. The summed E-state index contributed by atoms with van der Waals surface area (Å²) in [5.41, 5.74) is 0.687. The lowest BCUT2D eigenvalue weighted by atomic mass is 10.2. The summed E-state index contributed by atoms with van der Waals surface area (Å²) in [5, 5.41) is 5.10. The molecule has 2 aromatic rings. The van der Waals surface area contributed by atoms with Crippen LogP contribution in [0.1, 0.15) is 15.9 Å². The van der Waals surface area contributed by atoms with E-state index in [2.05, 4.69) is 0 Å². The summed E-state index contributed by atoms with van der Waals surface area (Å²) in [7, 11) is -3.85. The first-order valence-electron chi connectivity index (χ1n) is 5.79. The third-order valence-corrected chi connectivity index (χ3v) is 3.81. The van der Waals surface area contributed by atoms with Gasteiger partial charge in [-0.3, -0.25) is 0 Å². The van der Waals surface area contributed by atoms with Crippen LogP contribution in [-0.4, -0.2) is 14.4 Å². The number of ether oxygens (including phenoxy) is 1. The first kappa shape index (κ1) is 14.2. The topological polar surface area (TPSA) is 86.5 Å². The van der Waals surface area contributed by atoms with Crippen LogP contribution in [0.15, 0.2) is 53.4 Å². The van der Waals surface area contributed by atoms with Gasteiger partial charge in [-0.05, 0) is 31.2 Å². The highest BCUT2D eigenvalue weighted by Gasteiger charge is 2.16. The highest BCUT2D eigenvalue weighted by atomic mass is 32.2. The maximum Gasteiger partial charge on any atom is 0.343 e. The molecule has 0 fully saturated rings. The number of rotatable bonds is 3. The van der Waals surface area contributed by atoms with Gasteiger partial charge in [0.1, 0.15) is 5.75 Å². The molecule has 0 spiro atoms. The number of carbonyl (C=O) groups excluding carboxylic acids is 1. The standard InChI is InChI=1S/C14H13NO4S/c1-10-12(8-5-9-13(10)20(15,17)18)19-14(16)11-6-3-2-4-7-11/h2-9H,1H3,(H2,15,17,18). The fourth-order valence-electron chi connectivity index (χ4n) is 1.75. The number of primary sulfonamides is 1. The summed E-state index contributed by atoms with van der Waals surface area (Å²) >= 11 is 0. The zero-order valence-electron chi connectivity index (χ0n) is 10.7. The summed E-state index contributed by atoms with van der Waals surface area (Å²) in [4.78, 5) is 11.9. The van der Waals surface area contributed by atoms with Gasteiger partial charge in [0.15, 0.2) is 0 Å². The van der Waals surface area contributed by atoms with Crippen LogP contribution >= 0.6 is 0 Å². The quantitative estimate of drug-likeness (QED) is 0.690. The maximum atomic E-state index is 11.9. The van der Waals surface area contributed by atoms with E-state index in [1.807, 2.05) is 0 Å². The minimum absolute atomic E-state index is 0.0594. The second-order valence-electron chi connectivity index (χ2n) is 4.18. The van der Waals surface area contributed by atoms with Gasteiger partial charge in [-0.25, -0.2) is 18.4 Å². The second kappa shape index (κ2) is 5.44. The van der Waals surface area contributed by atoms with E-state index >= 15 is 0 Å². The van der Waals surface area contributed by atoms with Gasteiger partial charge in [-0.2, -0.15) is 0 Å². The molecule has 6 heteroatoms. The van der Waals surface area contributed by atoms with E-state index in [1.165, 1.54) is 25.1 Å². The number of esters is 1. The lowest BCUT2D eigenvalue weighted by Crippen LogP contribution is -2.15. The number of benzene rings is 2. The molecule has 0 unspecified atom stereocenters. The predicted octanol–water partition coefficient (Wildman–Crippen LogP) is 1.86. The highest BCUT2D eigenvalue weighted by Crippen LogP contribution is 2.24. The lowest BCUT2D eigenvalue weighted by Gasteiger charge is -2.10. The first-order chi connectivity index (χ1) is 9.39. The van der Waals surface area contributed by atoms with Crippen molar-refractivity contribution in [2.75, 3.05) is 0 Å². The minimum atomic E-state index is -3.85. The van der Waals surface area contributed by atoms with E-state index < -0.39 is 16.0 Å². The summed E-state index contributed by atoms with van der Waals surface area (Å²) < 4.78 is 28.0. The lowest BCUT2D eigenvalue weighted by molar-refractivity contribution is 0.0733. The molecule has 2 rings (SSSR count). The molecule has 0 aromatic heterocycles. The Kier molecular flexibility index (Phi) is 3.87. The largest absolute Gasteiger partial charge is 0.423 e. The minimum Gasteiger partial charge on any atom is -0.423 e. The van der Waals surface area contributed by atoms with Crippen LogP contribution in [0.5, 0.6) is 5.75 Å². The number of nitrogens with two attached hydrogens (primary N) is 1. The average molecular weight is 291 g/mol. The average Bonchev–Trinajstić information content (AvgIpc) is 2.40. The maximum absolute atomic E-state index is 11.9. The normalized spacial score (nSPS) is 11.1. The van der Waals surface area contributed by atoms with Crippen molar-refractivity contribution in [3.63, 3.8) is 0 Å². The van der Waals surface area contributed by atoms with Crippen molar-refractivity contribution in [1.29, 1.82) is 0 Å². The van der Waals surface area contributed by atoms with Gasteiger partial charge in [-0.1, -0.05) is 24.3 Å². The molecule has 0 bridgehead atoms. The fraction of sp³-hybridized carbons (Fsp3) is 0.0714. The van der Waals surface area contributed by atoms with Gasteiger partial charge in [0.25, 0.3) is 0 Å². The molecule has 0 aliphatic rings. The van der Waals surface area contributed by atoms with E-state index in [1.54, 1.807) is 30.3 Å². The van der Waals surface area contributed by atoms with Crippen LogP contribution in [0.4, 0.5) is 0 Å². The number of hydrogen-bond donors (Lipinski definition) is 1. The number of hydrogen-bond acceptors (Lipinski definition) is 4. The van der Waals surface area contributed by atoms with Crippen LogP contribution < -0.4 is 9.88 Å². The van der Waals surface area contributed by atoms with Gasteiger partial charge < -0.3 is 4.74 Å². The molecule has 20 heavy (non-hydrogen) atoms. The van der Waals surface area contributed by atoms with Crippen molar-refractivity contribution in [1.82, 2.24) is 0 Å². The molecular formula is C14H13NO4S. The molecule has 0 amide bonds. The summed E-state index contributed by atoms with van der Waals surface area (Å²) in [5.74, 6) is -0.384. The van der Waals surface area contributed by atoms with Crippen molar-refractivity contribution >= 4 is 16.0 Å². The van der Waals surface area contributed by atoms with Crippen molar-refractivity contribution in [3.8, 4) is 5.75 Å². The molecule has 0 radical (unpaired) electrons. The van der Waals surface area contributed by atoms with Crippen LogP contribution in [0.3, 0.4) is 0 Å². The Bertz CT molecular complexity index is 739. The Morgan fingerprint density at radius 1 is 1.05 bits per heavy atom. The number of sulfonamides is 1. The molecule has 0 atom stereocenters. The van der Waals surface area contributed by atoms with E-state index in [-0.39, 0.29) is 10.6 Å². The van der Waals surface area contributed by atoms with Crippen molar-refractivity contribution in [3.05, 3.63) is 59.7 Å². The molecule has 0 aliphatic carbocycles. The van der Waals surface area contributed by atoms with Gasteiger partial charge >= 0.3 is 5.97 Å². The zero-order valence-corrected chi connectivity index (χ0v) is 11.6. The van der Waals surface area contributed by atoms with Crippen LogP contribution in [0.2, 0.25) is 0 Å². The van der Waals surface area contributed by atoms with Gasteiger partial charge in [-0.15, -0.1) is 0 Å². The van der Waals surface area contributed by atoms with E-state index in [9.17, 15) is 13.2 Å². The summed E-state index contributed by atoms with van der Waals surface area (Å²) in [6.45, 7) is 1.54. The third-order valence-electron chi connectivity index (χ3n) is 2.75. The Morgan fingerprint density at radius 2 is 1.70 bits per heavy atom. The summed E-state index contributed by atoms with van der Waals surface area (Å²) in [6.07, 6.45) is 0. The molecular weight excluding hydrogens is 278 g/mol. The molecule has 2 N–H and O–H groups in total. The van der Waals surface area contributed by atoms with E-state index in [0.717, 1.165) is 0 Å². The van der Waals surface area contributed by atoms with Gasteiger partial charge in [0, 0.05) is 5.56 Å². The molecule has 104 valence electrons. The molecule has 5 nitrogen and oxygen atoms in total. The molecule has 0 saturated heterocycles. The van der Waals surface area contributed by atoms with Crippen molar-refractivity contribution in [2.45, 2.75) is 11.8 Å². The Morgan fingerprint density at radius 3 is 2.30 bits per heavy atom. The third kappa shape index (κ3) is 3.04. The Balaban J connectivity index is 2.34. The smallest absolute Gasteiger partial charge is 0.343 e. The van der Waals surface area contributed by atoms with E-state index in [4.69, 9.17) is 9.88 Å². The molecule has 0 saturated carbocycles. The zero-order chi connectivity index (χ0) is 14.8. The van der Waals surface area contributed by atoms with E-state index in [0.29, 0.717) is 11.1 Å². The van der Waals surface area contributed by atoms with Crippen LogP contribution in [0.25, 0.3) is 0 Å². The molecule has 2 aromatic carbocycles. The SMILES string of the molecule is Cc1c(OC(=O)c2ccccc2)cccc1S(N)(=O)=O. The van der Waals surface area contributed by atoms with Crippen LogP contribution in [-0.2, 0) is 10.0 Å². The Hall–Kier alpha value is -2.18. The van der Waals surface area contributed by atoms with Gasteiger partial charge in [0.05, 0.1) is 10.5 Å².